The van der Waals surface area contributed by atoms with Crippen molar-refractivity contribution in [2.24, 2.45) is 11.8 Å². The molecule has 2 N–H and O–H groups in total. The molecule has 2 bridgehead atoms. The Morgan fingerprint density at radius 2 is 1.67 bits per heavy atom. The molecule has 3 amide bonds. The number of likely N-dealkylation sites (tertiary alicyclic amines) is 1. The van der Waals surface area contributed by atoms with E-state index in [0.717, 1.165) is 56.9 Å². The van der Waals surface area contributed by atoms with Gasteiger partial charge < -0.3 is 20.3 Å². The van der Waals surface area contributed by atoms with Crippen molar-refractivity contribution in [3.05, 3.63) is 42.2 Å². The fourth-order valence-electron chi connectivity index (χ4n) is 7.20. The number of rotatable bonds is 6. The summed E-state index contributed by atoms with van der Waals surface area (Å²) in [5.74, 6) is -1.80. The second kappa shape index (κ2) is 9.61. The summed E-state index contributed by atoms with van der Waals surface area (Å²) in [5, 5.41) is 6.45. The molecule has 5 aliphatic rings. The van der Waals surface area contributed by atoms with E-state index in [1.54, 1.807) is 17.3 Å². The lowest BCUT2D eigenvalue weighted by molar-refractivity contribution is -0.142. The van der Waals surface area contributed by atoms with Gasteiger partial charge in [-0.2, -0.15) is 0 Å². The van der Waals surface area contributed by atoms with Crippen LogP contribution in [-0.2, 0) is 25.7 Å². The molecule has 0 aromatic carbocycles. The lowest BCUT2D eigenvalue weighted by atomic mass is 9.74. The van der Waals surface area contributed by atoms with E-state index in [0.29, 0.717) is 0 Å². The monoisotopic (exact) mass is 492 g/mol. The van der Waals surface area contributed by atoms with E-state index >= 15 is 0 Å². The first-order valence-corrected chi connectivity index (χ1v) is 13.7. The van der Waals surface area contributed by atoms with Crippen molar-refractivity contribution in [2.75, 3.05) is 0 Å². The Kier molecular flexibility index (Phi) is 6.32. The fraction of sp³-hybridized carbons (Fsp3) is 0.643. The minimum atomic E-state index is -1.11. The second-order valence-corrected chi connectivity index (χ2v) is 11.2. The molecule has 8 heteroatoms. The second-order valence-electron chi connectivity index (χ2n) is 11.2. The molecule has 4 heterocycles. The number of fused-ring (bicyclic) bond motifs is 1. The van der Waals surface area contributed by atoms with E-state index in [9.17, 15) is 14.4 Å². The molecular formula is C28H36N4O4. The van der Waals surface area contributed by atoms with Crippen LogP contribution in [-0.4, -0.2) is 57.4 Å². The molecule has 8 nitrogen and oxygen atoms in total. The topological polar surface area (TPSA) is 101 Å². The Bertz CT molecular complexity index is 1030. The third kappa shape index (κ3) is 4.03. The largest absolute Gasteiger partial charge is 0.359 e. The maximum Gasteiger partial charge on any atom is 0.246 e. The van der Waals surface area contributed by atoms with E-state index in [4.69, 9.17) is 4.74 Å². The Balaban J connectivity index is 1.30. The summed E-state index contributed by atoms with van der Waals surface area (Å²) in [6, 6.07) is 3.19. The Hall–Kier alpha value is -2.74. The van der Waals surface area contributed by atoms with Crippen molar-refractivity contribution in [1.82, 2.24) is 20.5 Å². The molecule has 6 rings (SSSR count). The number of nitrogens with zero attached hydrogens (tertiary/aromatic N) is 2. The minimum absolute atomic E-state index is 0.116. The van der Waals surface area contributed by atoms with E-state index in [-0.39, 0.29) is 36.3 Å². The lowest BCUT2D eigenvalue weighted by Crippen LogP contribution is -2.56. The van der Waals surface area contributed by atoms with Crippen LogP contribution in [0.1, 0.15) is 69.8 Å². The minimum Gasteiger partial charge on any atom is -0.359 e. The van der Waals surface area contributed by atoms with Crippen LogP contribution in [0.4, 0.5) is 0 Å². The van der Waals surface area contributed by atoms with Crippen LogP contribution in [0.3, 0.4) is 0 Å². The van der Waals surface area contributed by atoms with Gasteiger partial charge in [-0.3, -0.25) is 19.4 Å². The standard InChI is InChI=1S/C28H36N4O4/c33-25(30-19-9-3-1-4-10-19)22-21-13-14-28(36-21)23(22)27(35)32(17-18-8-7-15-29-16-18)24(28)26(34)31-20-11-5-2-6-12-20/h7-8,13-16,19-24H,1-6,9-12,17H2,(H,30,33)(H,31,34)/t21-,22-,23-,24-,28-/m1/s1. The van der Waals surface area contributed by atoms with Crippen molar-refractivity contribution in [3.8, 4) is 0 Å². The van der Waals surface area contributed by atoms with Gasteiger partial charge in [0.2, 0.25) is 17.7 Å². The molecular weight excluding hydrogens is 456 g/mol. The zero-order valence-corrected chi connectivity index (χ0v) is 20.7. The highest BCUT2D eigenvalue weighted by atomic mass is 16.5. The number of amides is 3. The maximum atomic E-state index is 14.0. The molecule has 4 fully saturated rings. The summed E-state index contributed by atoms with van der Waals surface area (Å²) in [7, 11) is 0. The number of aromatic nitrogens is 1. The molecule has 2 saturated carbocycles. The van der Waals surface area contributed by atoms with Crippen LogP contribution in [0.5, 0.6) is 0 Å². The van der Waals surface area contributed by atoms with Crippen LogP contribution < -0.4 is 10.6 Å². The van der Waals surface area contributed by atoms with Crippen LogP contribution in [0.2, 0.25) is 0 Å². The van der Waals surface area contributed by atoms with Gasteiger partial charge in [-0.1, -0.05) is 56.7 Å². The van der Waals surface area contributed by atoms with Gasteiger partial charge in [0.25, 0.3) is 0 Å². The molecule has 1 aromatic heterocycles. The van der Waals surface area contributed by atoms with Crippen molar-refractivity contribution in [1.29, 1.82) is 0 Å². The van der Waals surface area contributed by atoms with Gasteiger partial charge in [0.1, 0.15) is 11.6 Å². The normalized spacial score (nSPS) is 34.1. The number of carbonyl (C=O) groups excluding carboxylic acids is 3. The molecule has 3 aliphatic heterocycles. The first-order chi connectivity index (χ1) is 17.6. The summed E-state index contributed by atoms with van der Waals surface area (Å²) >= 11 is 0. The quantitative estimate of drug-likeness (QED) is 0.595. The van der Waals surface area contributed by atoms with Gasteiger partial charge in [-0.15, -0.1) is 0 Å². The highest BCUT2D eigenvalue weighted by molar-refractivity contribution is 6.00. The summed E-state index contributed by atoms with van der Waals surface area (Å²) in [6.45, 7) is 0.256. The number of hydrogen-bond acceptors (Lipinski definition) is 5. The Morgan fingerprint density at radius 3 is 2.31 bits per heavy atom. The number of ether oxygens (including phenoxy) is 1. The van der Waals surface area contributed by atoms with Gasteiger partial charge in [-0.25, -0.2) is 0 Å². The van der Waals surface area contributed by atoms with Crippen LogP contribution >= 0.6 is 0 Å². The van der Waals surface area contributed by atoms with E-state index in [2.05, 4.69) is 15.6 Å². The summed E-state index contributed by atoms with van der Waals surface area (Å²) in [5.41, 5.74) is -0.267. The van der Waals surface area contributed by atoms with E-state index < -0.39 is 29.6 Å². The van der Waals surface area contributed by atoms with Crippen molar-refractivity contribution < 1.29 is 19.1 Å². The number of hydrogen-bond donors (Lipinski definition) is 2. The average Bonchev–Trinajstić information content (AvgIpc) is 3.53. The zero-order chi connectivity index (χ0) is 24.7. The fourth-order valence-corrected chi connectivity index (χ4v) is 7.20. The number of pyridine rings is 1. The first kappa shape index (κ1) is 23.6. The van der Waals surface area contributed by atoms with Crippen LogP contribution in [0, 0.1) is 11.8 Å². The van der Waals surface area contributed by atoms with Gasteiger partial charge >= 0.3 is 0 Å². The molecule has 192 valence electrons. The molecule has 1 spiro atoms. The van der Waals surface area contributed by atoms with Crippen molar-refractivity contribution in [3.63, 3.8) is 0 Å². The van der Waals surface area contributed by atoms with Gasteiger partial charge in [0.05, 0.1) is 17.9 Å². The van der Waals surface area contributed by atoms with Gasteiger partial charge in [-0.05, 0) is 37.3 Å². The smallest absolute Gasteiger partial charge is 0.246 e. The predicted molar refractivity (Wildman–Crippen MR) is 132 cm³/mol. The molecule has 0 radical (unpaired) electrons. The molecule has 1 aromatic rings. The highest BCUT2D eigenvalue weighted by Crippen LogP contribution is 2.55. The molecule has 36 heavy (non-hydrogen) atoms. The maximum absolute atomic E-state index is 14.0. The zero-order valence-electron chi connectivity index (χ0n) is 20.7. The van der Waals surface area contributed by atoms with Crippen LogP contribution in [0.15, 0.2) is 36.7 Å². The summed E-state index contributed by atoms with van der Waals surface area (Å²) in [6.07, 6.45) is 17.4. The van der Waals surface area contributed by atoms with Gasteiger partial charge in [0, 0.05) is 31.0 Å². The SMILES string of the molecule is O=C(NC1CCCCC1)[C@@H]1[C@H]2C=C[C@@]3(O2)[C@H]1C(=O)N(Cc1cccnc1)[C@@H]3C(=O)NC1CCCCC1. The van der Waals surface area contributed by atoms with Crippen molar-refractivity contribution >= 4 is 17.7 Å². The lowest BCUT2D eigenvalue weighted by Gasteiger charge is -2.34. The highest BCUT2D eigenvalue weighted by Gasteiger charge is 2.72. The third-order valence-electron chi connectivity index (χ3n) is 8.90. The van der Waals surface area contributed by atoms with Crippen LogP contribution in [0.25, 0.3) is 0 Å². The van der Waals surface area contributed by atoms with Crippen molar-refractivity contribution in [2.45, 2.75) is 101 Å². The van der Waals surface area contributed by atoms with E-state index in [1.807, 2.05) is 24.3 Å². The first-order valence-electron chi connectivity index (χ1n) is 13.7. The Morgan fingerprint density at radius 1 is 1.00 bits per heavy atom. The average molecular weight is 493 g/mol. The third-order valence-corrected chi connectivity index (χ3v) is 8.90. The van der Waals surface area contributed by atoms with E-state index in [1.165, 1.54) is 12.8 Å². The molecule has 2 aliphatic carbocycles. The molecule has 2 saturated heterocycles. The molecule has 5 atom stereocenters. The number of carbonyl (C=O) groups is 3. The van der Waals surface area contributed by atoms with Gasteiger partial charge in [0.15, 0.2) is 0 Å². The number of nitrogens with one attached hydrogen (secondary N) is 2. The molecule has 0 unspecified atom stereocenters. The Labute approximate surface area is 212 Å². The summed E-state index contributed by atoms with van der Waals surface area (Å²) in [4.78, 5) is 47.2. The summed E-state index contributed by atoms with van der Waals surface area (Å²) < 4.78 is 6.46. The predicted octanol–water partition coefficient (Wildman–Crippen LogP) is 2.63.